The van der Waals surface area contributed by atoms with Crippen LogP contribution in [0.2, 0.25) is 0 Å². The van der Waals surface area contributed by atoms with E-state index < -0.39 is 0 Å². The Morgan fingerprint density at radius 1 is 1.29 bits per heavy atom. The molecule has 2 heterocycles. The van der Waals surface area contributed by atoms with Gasteiger partial charge in [0, 0.05) is 19.2 Å². The third-order valence-corrected chi connectivity index (χ3v) is 5.21. The van der Waals surface area contributed by atoms with Gasteiger partial charge < -0.3 is 28.8 Å². The van der Waals surface area contributed by atoms with Crippen molar-refractivity contribution in [2.45, 2.75) is 31.0 Å². The van der Waals surface area contributed by atoms with E-state index in [0.717, 1.165) is 19.1 Å². The van der Waals surface area contributed by atoms with Crippen LogP contribution in [0.5, 0.6) is 11.5 Å². The molecule has 0 aliphatic carbocycles. The molecule has 1 saturated heterocycles. The molecule has 0 unspecified atom stereocenters. The van der Waals surface area contributed by atoms with Crippen LogP contribution in [0.4, 0.5) is 0 Å². The number of aldehydes is 1. The zero-order chi connectivity index (χ0) is 19.9. The van der Waals surface area contributed by atoms with E-state index in [-0.39, 0.29) is 23.9 Å². The smallest absolute Gasteiger partial charge is 0.220 e. The van der Waals surface area contributed by atoms with Crippen LogP contribution in [-0.2, 0) is 19.0 Å². The summed E-state index contributed by atoms with van der Waals surface area (Å²) in [6, 6.07) is 5.15. The number of carbonyl (C=O) groups is 1. The Morgan fingerprint density at radius 2 is 2.11 bits per heavy atom. The molecule has 2 aliphatic heterocycles. The average Bonchev–Trinajstić information content (AvgIpc) is 3.31. The van der Waals surface area contributed by atoms with Crippen molar-refractivity contribution in [2.75, 3.05) is 47.2 Å². The molecule has 28 heavy (non-hydrogen) atoms. The zero-order valence-electron chi connectivity index (χ0n) is 16.4. The van der Waals surface area contributed by atoms with Crippen molar-refractivity contribution in [2.24, 2.45) is 4.99 Å². The monoisotopic (exact) mass is 392 g/mol. The third kappa shape index (κ3) is 4.81. The number of benzene rings is 1. The van der Waals surface area contributed by atoms with Crippen LogP contribution in [0.3, 0.4) is 0 Å². The van der Waals surface area contributed by atoms with Gasteiger partial charge in [-0.1, -0.05) is 0 Å². The lowest BCUT2D eigenvalue weighted by Gasteiger charge is -2.24. The molecule has 8 nitrogen and oxygen atoms in total. The normalized spacial score (nSPS) is 24.8. The van der Waals surface area contributed by atoms with Gasteiger partial charge in [-0.15, -0.1) is 0 Å². The third-order valence-electron chi connectivity index (χ3n) is 5.21. The Kier molecular flexibility index (Phi) is 7.24. The van der Waals surface area contributed by atoms with Crippen molar-refractivity contribution in [1.82, 2.24) is 4.90 Å². The molecular weight excluding hydrogens is 364 g/mol. The topological polar surface area (TPSA) is 89.8 Å². The predicted molar refractivity (Wildman–Crippen MR) is 103 cm³/mol. The minimum atomic E-state index is -0.0486. The van der Waals surface area contributed by atoms with E-state index in [1.807, 2.05) is 7.05 Å². The quantitative estimate of drug-likeness (QED) is 0.473. The number of hydrogen-bond donors (Lipinski definition) is 1. The molecule has 0 saturated carbocycles. The summed E-state index contributed by atoms with van der Waals surface area (Å²) >= 11 is 0. The van der Waals surface area contributed by atoms with Gasteiger partial charge in [0.15, 0.2) is 0 Å². The number of nitrogens with zero attached hydrogens (tertiary/aromatic N) is 2. The van der Waals surface area contributed by atoms with E-state index in [4.69, 9.17) is 18.9 Å². The van der Waals surface area contributed by atoms with Crippen molar-refractivity contribution in [3.63, 3.8) is 0 Å². The van der Waals surface area contributed by atoms with Gasteiger partial charge in [0.05, 0.1) is 31.4 Å². The summed E-state index contributed by atoms with van der Waals surface area (Å²) < 4.78 is 21.6. The van der Waals surface area contributed by atoms with Crippen LogP contribution < -0.4 is 4.74 Å². The largest absolute Gasteiger partial charge is 0.507 e. The number of rotatable bonds is 10. The maximum Gasteiger partial charge on any atom is 0.220 e. The molecule has 2 aliphatic rings. The predicted octanol–water partition coefficient (Wildman–Crippen LogP) is 1.24. The van der Waals surface area contributed by atoms with Gasteiger partial charge in [0.25, 0.3) is 0 Å². The Hall–Kier alpha value is -2.16. The van der Waals surface area contributed by atoms with Gasteiger partial charge in [-0.3, -0.25) is 4.90 Å². The van der Waals surface area contributed by atoms with E-state index in [9.17, 15) is 9.90 Å². The van der Waals surface area contributed by atoms with Gasteiger partial charge in [0.1, 0.15) is 37.0 Å². The van der Waals surface area contributed by atoms with Crippen molar-refractivity contribution in [3.8, 4) is 11.5 Å². The minimum absolute atomic E-state index is 0.0375. The summed E-state index contributed by atoms with van der Waals surface area (Å²) in [5.41, 5.74) is 0.541. The molecule has 3 atom stereocenters. The summed E-state index contributed by atoms with van der Waals surface area (Å²) in [6.07, 6.45) is 2.75. The molecule has 0 bridgehead atoms. The summed E-state index contributed by atoms with van der Waals surface area (Å²) in [7, 11) is 3.57. The van der Waals surface area contributed by atoms with Gasteiger partial charge in [-0.05, 0) is 32.0 Å². The number of aromatic hydroxyl groups is 1. The molecule has 1 N–H and O–H groups in total. The summed E-state index contributed by atoms with van der Waals surface area (Å²) in [5.74, 6) is 1.04. The van der Waals surface area contributed by atoms with Crippen LogP contribution in [0.1, 0.15) is 18.4 Å². The molecule has 0 radical (unpaired) electrons. The first kappa shape index (κ1) is 20.6. The maximum absolute atomic E-state index is 11.1. The molecule has 0 amide bonds. The Labute approximate surface area is 165 Å². The van der Waals surface area contributed by atoms with E-state index in [0.29, 0.717) is 50.2 Å². The lowest BCUT2D eigenvalue weighted by molar-refractivity contribution is -0.111. The minimum Gasteiger partial charge on any atom is -0.507 e. The number of carbonyl (C=O) groups excluding carboxylic acids is 1. The standard InChI is InChI=1S/C20H28N2O6/c1-22-14(12-23)3-6-18(22)17-13-28-20(21-17)16-5-4-15(11-19(16)24)27-10-9-26-8-7-25-2/h4-5,11-12,14,17-18,24H,3,6-10,13H2,1-2H3/t14-,17+,18+/m1/s1. The first-order chi connectivity index (χ1) is 13.6. The van der Waals surface area contributed by atoms with Crippen molar-refractivity contribution in [1.29, 1.82) is 0 Å². The van der Waals surface area contributed by atoms with Crippen LogP contribution in [-0.4, -0.2) is 87.5 Å². The van der Waals surface area contributed by atoms with Gasteiger partial charge in [0.2, 0.25) is 5.90 Å². The summed E-state index contributed by atoms with van der Waals surface area (Å²) in [4.78, 5) is 17.8. The fourth-order valence-corrected chi connectivity index (χ4v) is 3.60. The number of methoxy groups -OCH3 is 1. The lowest BCUT2D eigenvalue weighted by atomic mass is 10.1. The van der Waals surface area contributed by atoms with Crippen molar-refractivity contribution in [3.05, 3.63) is 23.8 Å². The first-order valence-corrected chi connectivity index (χ1v) is 9.54. The highest BCUT2D eigenvalue weighted by molar-refractivity contribution is 5.97. The van der Waals surface area contributed by atoms with Crippen LogP contribution in [0, 0.1) is 0 Å². The average molecular weight is 392 g/mol. The number of phenols is 1. The molecule has 1 aromatic rings. The number of likely N-dealkylation sites (tertiary alicyclic amines) is 1. The van der Waals surface area contributed by atoms with Crippen LogP contribution in [0.15, 0.2) is 23.2 Å². The number of hydrogen-bond acceptors (Lipinski definition) is 8. The van der Waals surface area contributed by atoms with Crippen LogP contribution >= 0.6 is 0 Å². The second kappa shape index (κ2) is 9.86. The first-order valence-electron chi connectivity index (χ1n) is 9.54. The highest BCUT2D eigenvalue weighted by Gasteiger charge is 2.38. The fraction of sp³-hybridized carbons (Fsp3) is 0.600. The van der Waals surface area contributed by atoms with Crippen molar-refractivity contribution < 1.29 is 28.8 Å². The Bertz CT molecular complexity index is 695. The van der Waals surface area contributed by atoms with Crippen LogP contribution in [0.25, 0.3) is 0 Å². The number of ether oxygens (including phenoxy) is 4. The molecule has 0 aromatic heterocycles. The number of likely N-dealkylation sites (N-methyl/N-ethyl adjacent to an activating group) is 1. The molecular formula is C20H28N2O6. The second-order valence-corrected chi connectivity index (χ2v) is 6.96. The highest BCUT2D eigenvalue weighted by atomic mass is 16.5. The molecule has 1 fully saturated rings. The summed E-state index contributed by atoms with van der Waals surface area (Å²) in [5, 5.41) is 10.4. The van der Waals surface area contributed by atoms with E-state index in [1.165, 1.54) is 0 Å². The molecule has 1 aromatic carbocycles. The van der Waals surface area contributed by atoms with Gasteiger partial charge >= 0.3 is 0 Å². The van der Waals surface area contributed by atoms with Gasteiger partial charge in [-0.2, -0.15) is 0 Å². The molecule has 0 spiro atoms. The lowest BCUT2D eigenvalue weighted by Crippen LogP contribution is -2.40. The van der Waals surface area contributed by atoms with E-state index in [1.54, 1.807) is 25.3 Å². The van der Waals surface area contributed by atoms with Crippen molar-refractivity contribution >= 4 is 12.2 Å². The fourth-order valence-electron chi connectivity index (χ4n) is 3.60. The Balaban J connectivity index is 1.56. The molecule has 8 heteroatoms. The summed E-state index contributed by atoms with van der Waals surface area (Å²) in [6.45, 7) is 2.34. The second-order valence-electron chi connectivity index (χ2n) is 6.96. The number of phenolic OH excluding ortho intramolecular Hbond substituents is 1. The Morgan fingerprint density at radius 3 is 2.82 bits per heavy atom. The van der Waals surface area contributed by atoms with E-state index in [2.05, 4.69) is 9.89 Å². The van der Waals surface area contributed by atoms with E-state index >= 15 is 0 Å². The SMILES string of the molecule is COCCOCCOc1ccc(C2=N[C@H]([C@@H]3CC[C@H](C=O)N3C)CO2)c(O)c1. The van der Waals surface area contributed by atoms with Gasteiger partial charge in [-0.25, -0.2) is 4.99 Å². The molecule has 3 rings (SSSR count). The number of aliphatic imine (C=N–C) groups is 1. The molecule has 154 valence electrons. The zero-order valence-corrected chi connectivity index (χ0v) is 16.4. The maximum atomic E-state index is 11.1. The highest BCUT2D eigenvalue weighted by Crippen LogP contribution is 2.30.